The first kappa shape index (κ1) is 19.8. The summed E-state index contributed by atoms with van der Waals surface area (Å²) < 4.78 is 27.7. The molecule has 0 fully saturated rings. The topological polar surface area (TPSA) is 124 Å². The van der Waals surface area contributed by atoms with E-state index >= 15 is 0 Å². The Balaban J connectivity index is 4.79. The van der Waals surface area contributed by atoms with Gasteiger partial charge in [0.25, 0.3) is 10.2 Å². The van der Waals surface area contributed by atoms with Crippen molar-refractivity contribution < 1.29 is 28.2 Å². The molecule has 0 aromatic heterocycles. The van der Waals surface area contributed by atoms with Crippen molar-refractivity contribution in [3.05, 3.63) is 0 Å². The van der Waals surface area contributed by atoms with Gasteiger partial charge in [0.2, 0.25) is 0 Å². The van der Waals surface area contributed by atoms with Crippen LogP contribution >= 0.6 is 0 Å². The second kappa shape index (κ2) is 9.69. The highest BCUT2D eigenvalue weighted by Crippen LogP contribution is 2.07. The van der Waals surface area contributed by atoms with Crippen molar-refractivity contribution >= 4 is 22.1 Å². The van der Waals surface area contributed by atoms with Gasteiger partial charge in [-0.1, -0.05) is 13.8 Å². The summed E-state index contributed by atoms with van der Waals surface area (Å²) in [6, 6.07) is -1.31. The number of carboxylic acids is 2. The van der Waals surface area contributed by atoms with E-state index in [1.54, 1.807) is 0 Å². The van der Waals surface area contributed by atoms with E-state index in [1.165, 1.54) is 4.31 Å². The minimum atomic E-state index is -3.89. The van der Waals surface area contributed by atoms with Crippen LogP contribution in [-0.4, -0.2) is 54.0 Å². The lowest BCUT2D eigenvalue weighted by molar-refractivity contribution is -0.140. The standard InChI is InChI=1S/C12H24N2O6S/c1-3-8-14(9-4-2)21(19,20)13-10(12(17)18)6-5-7-11(15)16/h10,13H,3-9H2,1-2H3,(H,15,16)(H,17,18)/t10-/m1/s1. The third kappa shape index (κ3) is 7.98. The van der Waals surface area contributed by atoms with Crippen LogP contribution in [0.15, 0.2) is 0 Å². The molecule has 0 aromatic carbocycles. The van der Waals surface area contributed by atoms with E-state index in [9.17, 15) is 18.0 Å². The van der Waals surface area contributed by atoms with Crippen LogP contribution in [0.3, 0.4) is 0 Å². The summed E-state index contributed by atoms with van der Waals surface area (Å²) in [6.07, 6.45) is 1.08. The van der Waals surface area contributed by atoms with Crippen molar-refractivity contribution in [2.24, 2.45) is 0 Å². The Morgan fingerprint density at radius 2 is 1.67 bits per heavy atom. The summed E-state index contributed by atoms with van der Waals surface area (Å²) in [4.78, 5) is 21.5. The van der Waals surface area contributed by atoms with Gasteiger partial charge in [-0.3, -0.25) is 9.59 Å². The minimum absolute atomic E-state index is 0.0625. The quantitative estimate of drug-likeness (QED) is 0.484. The van der Waals surface area contributed by atoms with Gasteiger partial charge in [-0.05, 0) is 25.7 Å². The highest BCUT2D eigenvalue weighted by molar-refractivity contribution is 7.87. The molecule has 3 N–H and O–H groups in total. The molecule has 0 radical (unpaired) electrons. The zero-order valence-electron chi connectivity index (χ0n) is 12.4. The summed E-state index contributed by atoms with van der Waals surface area (Å²) in [5.74, 6) is -2.35. The minimum Gasteiger partial charge on any atom is -0.481 e. The molecule has 0 amide bonds. The van der Waals surface area contributed by atoms with Gasteiger partial charge in [0.15, 0.2) is 0 Å². The van der Waals surface area contributed by atoms with Crippen molar-refractivity contribution in [1.29, 1.82) is 0 Å². The highest BCUT2D eigenvalue weighted by Gasteiger charge is 2.28. The molecule has 9 heteroatoms. The van der Waals surface area contributed by atoms with Crippen molar-refractivity contribution in [3.63, 3.8) is 0 Å². The molecule has 0 saturated carbocycles. The summed E-state index contributed by atoms with van der Waals surface area (Å²) in [5.41, 5.74) is 0. The van der Waals surface area contributed by atoms with Crippen LogP contribution in [0.4, 0.5) is 0 Å². The highest BCUT2D eigenvalue weighted by atomic mass is 32.2. The van der Waals surface area contributed by atoms with E-state index in [4.69, 9.17) is 10.2 Å². The zero-order valence-corrected chi connectivity index (χ0v) is 13.2. The van der Waals surface area contributed by atoms with Gasteiger partial charge in [-0.15, -0.1) is 0 Å². The molecular formula is C12H24N2O6S. The maximum Gasteiger partial charge on any atom is 0.321 e. The molecule has 0 saturated heterocycles. The third-order valence-electron chi connectivity index (χ3n) is 2.76. The second-order valence-corrected chi connectivity index (χ2v) is 6.40. The number of rotatable bonds is 12. The normalized spacial score (nSPS) is 13.3. The van der Waals surface area contributed by atoms with E-state index in [-0.39, 0.29) is 19.3 Å². The van der Waals surface area contributed by atoms with Crippen LogP contribution in [0.2, 0.25) is 0 Å². The van der Waals surface area contributed by atoms with E-state index < -0.39 is 28.2 Å². The Morgan fingerprint density at radius 3 is 2.05 bits per heavy atom. The van der Waals surface area contributed by atoms with Crippen molar-refractivity contribution in [3.8, 4) is 0 Å². The van der Waals surface area contributed by atoms with E-state index in [1.807, 2.05) is 13.8 Å². The maximum absolute atomic E-state index is 12.2. The Morgan fingerprint density at radius 1 is 1.14 bits per heavy atom. The molecule has 0 rings (SSSR count). The number of nitrogens with zero attached hydrogens (tertiary/aromatic N) is 1. The molecule has 0 aliphatic rings. The molecular weight excluding hydrogens is 300 g/mol. The first-order valence-corrected chi connectivity index (χ1v) is 8.40. The largest absolute Gasteiger partial charge is 0.481 e. The molecule has 0 heterocycles. The lowest BCUT2D eigenvalue weighted by Crippen LogP contribution is -2.48. The summed E-state index contributed by atoms with van der Waals surface area (Å²) in [7, 11) is -3.89. The fourth-order valence-corrected chi connectivity index (χ4v) is 3.37. The number of hydrogen-bond donors (Lipinski definition) is 3. The fraction of sp³-hybridized carbons (Fsp3) is 0.833. The second-order valence-electron chi connectivity index (χ2n) is 4.70. The number of carboxylic acid groups (broad SMARTS) is 2. The zero-order chi connectivity index (χ0) is 16.5. The average Bonchev–Trinajstić information content (AvgIpc) is 2.36. The molecule has 0 aliphatic carbocycles. The molecule has 0 unspecified atom stereocenters. The Bertz CT molecular complexity index is 431. The molecule has 1 atom stereocenters. The van der Waals surface area contributed by atoms with Crippen molar-refractivity contribution in [1.82, 2.24) is 9.03 Å². The van der Waals surface area contributed by atoms with Gasteiger partial charge in [0.05, 0.1) is 0 Å². The van der Waals surface area contributed by atoms with Gasteiger partial charge in [-0.2, -0.15) is 17.4 Å². The van der Waals surface area contributed by atoms with Gasteiger partial charge < -0.3 is 10.2 Å². The van der Waals surface area contributed by atoms with Crippen molar-refractivity contribution in [2.45, 2.75) is 52.0 Å². The van der Waals surface area contributed by atoms with Crippen LogP contribution in [0.1, 0.15) is 46.0 Å². The molecule has 21 heavy (non-hydrogen) atoms. The number of nitrogens with one attached hydrogen (secondary N) is 1. The third-order valence-corrected chi connectivity index (χ3v) is 4.39. The molecule has 0 aliphatic heterocycles. The average molecular weight is 324 g/mol. The summed E-state index contributed by atoms with van der Waals surface area (Å²) >= 11 is 0. The van der Waals surface area contributed by atoms with Crippen molar-refractivity contribution in [2.75, 3.05) is 13.1 Å². The number of hydrogen-bond acceptors (Lipinski definition) is 4. The molecule has 8 nitrogen and oxygen atoms in total. The molecule has 0 bridgehead atoms. The summed E-state index contributed by atoms with van der Waals surface area (Å²) in [5, 5.41) is 17.6. The lowest BCUT2D eigenvalue weighted by Gasteiger charge is -2.23. The Kier molecular flexibility index (Phi) is 9.14. The predicted octanol–water partition coefficient (Wildman–Crippen LogP) is 0.651. The number of carbonyl (C=O) groups is 2. The molecule has 0 aromatic rings. The van der Waals surface area contributed by atoms with Crippen LogP contribution in [0.5, 0.6) is 0 Å². The lowest BCUT2D eigenvalue weighted by atomic mass is 10.1. The first-order chi connectivity index (χ1) is 9.74. The predicted molar refractivity (Wildman–Crippen MR) is 77.1 cm³/mol. The van der Waals surface area contributed by atoms with Crippen LogP contribution < -0.4 is 4.72 Å². The Hall–Kier alpha value is -1.19. The van der Waals surface area contributed by atoms with Crippen LogP contribution in [-0.2, 0) is 19.8 Å². The smallest absolute Gasteiger partial charge is 0.321 e. The SMILES string of the molecule is CCCN(CCC)S(=O)(=O)N[C@H](CCCC(=O)O)C(=O)O. The van der Waals surface area contributed by atoms with Gasteiger partial charge in [-0.25, -0.2) is 0 Å². The maximum atomic E-state index is 12.2. The van der Waals surface area contributed by atoms with Gasteiger partial charge >= 0.3 is 11.9 Å². The number of aliphatic carboxylic acids is 2. The Labute approximate surface area is 125 Å². The monoisotopic (exact) mass is 324 g/mol. The molecule has 124 valence electrons. The van der Waals surface area contributed by atoms with E-state index in [0.717, 1.165) is 0 Å². The first-order valence-electron chi connectivity index (χ1n) is 6.96. The van der Waals surface area contributed by atoms with Crippen LogP contribution in [0.25, 0.3) is 0 Å². The molecule has 0 spiro atoms. The summed E-state index contributed by atoms with van der Waals surface area (Å²) in [6.45, 7) is 4.29. The van der Waals surface area contributed by atoms with Gasteiger partial charge in [0, 0.05) is 19.5 Å². The van der Waals surface area contributed by atoms with Gasteiger partial charge in [0.1, 0.15) is 6.04 Å². The van der Waals surface area contributed by atoms with Crippen LogP contribution in [0, 0.1) is 0 Å². The van der Waals surface area contributed by atoms with E-state index in [0.29, 0.717) is 25.9 Å². The fourth-order valence-electron chi connectivity index (χ4n) is 1.80. The van der Waals surface area contributed by atoms with E-state index in [2.05, 4.69) is 4.72 Å².